The van der Waals surface area contributed by atoms with Crippen LogP contribution in [0.3, 0.4) is 0 Å². The molecule has 2 aliphatic carbocycles. The maximum atomic E-state index is 11.7. The lowest BCUT2D eigenvalue weighted by Gasteiger charge is -2.27. The SMILES string of the molecule is CC(C)(Br)C(=O)OC[C@@H]1C2C=CC(C2)[C@@H]1CO. The summed E-state index contributed by atoms with van der Waals surface area (Å²) >= 11 is 3.29. The number of esters is 1. The second kappa shape index (κ2) is 4.73. The fraction of sp³-hybridized carbons (Fsp3) is 0.769. The molecule has 2 aliphatic rings. The van der Waals surface area contributed by atoms with E-state index < -0.39 is 4.32 Å². The summed E-state index contributed by atoms with van der Waals surface area (Å²) in [5.74, 6) is 1.26. The average molecular weight is 303 g/mol. The number of carbonyl (C=O) groups excluding carboxylic acids is 1. The summed E-state index contributed by atoms with van der Waals surface area (Å²) in [4.78, 5) is 11.7. The van der Waals surface area contributed by atoms with E-state index in [0.29, 0.717) is 18.4 Å². The van der Waals surface area contributed by atoms with Crippen LogP contribution in [0.5, 0.6) is 0 Å². The van der Waals surface area contributed by atoms with Crippen LogP contribution in [0.1, 0.15) is 20.3 Å². The standard InChI is InChI=1S/C13H19BrO3/c1-13(2,14)12(16)17-7-11-9-4-3-8(5-9)10(11)6-15/h3-4,8-11,15H,5-7H2,1-2H3/t8?,9?,10-,11+/m0/s1. The molecule has 1 saturated carbocycles. The molecule has 1 fully saturated rings. The third kappa shape index (κ3) is 2.58. The number of carbonyl (C=O) groups is 1. The molecular formula is C13H19BrO3. The fourth-order valence-electron chi connectivity index (χ4n) is 2.89. The van der Waals surface area contributed by atoms with Crippen LogP contribution in [0, 0.1) is 23.7 Å². The van der Waals surface area contributed by atoms with Gasteiger partial charge in [0.25, 0.3) is 0 Å². The van der Waals surface area contributed by atoms with Crippen LogP contribution in [0.4, 0.5) is 0 Å². The first kappa shape index (κ1) is 13.1. The largest absolute Gasteiger partial charge is 0.464 e. The van der Waals surface area contributed by atoms with E-state index in [4.69, 9.17) is 4.74 Å². The van der Waals surface area contributed by atoms with Crippen molar-refractivity contribution in [2.75, 3.05) is 13.2 Å². The number of allylic oxidation sites excluding steroid dienone is 2. The third-order valence-corrected chi connectivity index (χ3v) is 4.23. The van der Waals surface area contributed by atoms with Gasteiger partial charge in [0.15, 0.2) is 0 Å². The van der Waals surface area contributed by atoms with Gasteiger partial charge < -0.3 is 9.84 Å². The molecule has 4 atom stereocenters. The van der Waals surface area contributed by atoms with Crippen molar-refractivity contribution in [3.05, 3.63) is 12.2 Å². The molecule has 0 aromatic heterocycles. The zero-order valence-corrected chi connectivity index (χ0v) is 11.8. The quantitative estimate of drug-likeness (QED) is 0.492. The molecule has 96 valence electrons. The van der Waals surface area contributed by atoms with Crippen molar-refractivity contribution < 1.29 is 14.6 Å². The molecule has 1 N–H and O–H groups in total. The molecule has 4 heteroatoms. The molecule has 0 aliphatic heterocycles. The van der Waals surface area contributed by atoms with Crippen molar-refractivity contribution >= 4 is 21.9 Å². The zero-order chi connectivity index (χ0) is 12.6. The fourth-order valence-corrected chi connectivity index (χ4v) is 3.00. The van der Waals surface area contributed by atoms with Gasteiger partial charge in [0.05, 0.1) is 6.61 Å². The van der Waals surface area contributed by atoms with E-state index in [9.17, 15) is 9.90 Å². The molecule has 0 saturated heterocycles. The van der Waals surface area contributed by atoms with E-state index >= 15 is 0 Å². The Morgan fingerprint density at radius 1 is 1.41 bits per heavy atom. The van der Waals surface area contributed by atoms with Gasteiger partial charge in [0, 0.05) is 12.5 Å². The highest BCUT2D eigenvalue weighted by atomic mass is 79.9. The van der Waals surface area contributed by atoms with Crippen LogP contribution in [0.25, 0.3) is 0 Å². The van der Waals surface area contributed by atoms with E-state index in [1.54, 1.807) is 13.8 Å². The van der Waals surface area contributed by atoms with Gasteiger partial charge in [-0.15, -0.1) is 0 Å². The zero-order valence-electron chi connectivity index (χ0n) is 10.2. The van der Waals surface area contributed by atoms with Gasteiger partial charge >= 0.3 is 5.97 Å². The van der Waals surface area contributed by atoms with E-state index in [2.05, 4.69) is 28.1 Å². The minimum absolute atomic E-state index is 0.186. The first-order chi connectivity index (χ1) is 7.93. The summed E-state index contributed by atoms with van der Waals surface area (Å²) in [5.41, 5.74) is 0. The number of ether oxygens (including phenoxy) is 1. The highest BCUT2D eigenvalue weighted by Crippen LogP contribution is 2.47. The van der Waals surface area contributed by atoms with Gasteiger partial charge in [-0.05, 0) is 38.0 Å². The normalized spacial score (nSPS) is 35.3. The molecule has 2 rings (SSSR count). The number of fused-ring (bicyclic) bond motifs is 2. The van der Waals surface area contributed by atoms with Crippen LogP contribution < -0.4 is 0 Å². The molecule has 0 radical (unpaired) electrons. The Bertz CT molecular complexity index is 332. The summed E-state index contributed by atoms with van der Waals surface area (Å²) in [6.07, 6.45) is 5.50. The summed E-state index contributed by atoms with van der Waals surface area (Å²) in [6, 6.07) is 0. The van der Waals surface area contributed by atoms with E-state index in [0.717, 1.165) is 6.42 Å². The van der Waals surface area contributed by atoms with E-state index in [1.165, 1.54) is 0 Å². The van der Waals surface area contributed by atoms with Crippen LogP contribution in [0.2, 0.25) is 0 Å². The summed E-state index contributed by atoms with van der Waals surface area (Å²) in [6.45, 7) is 4.16. The average Bonchev–Trinajstić information content (AvgIpc) is 2.83. The summed E-state index contributed by atoms with van der Waals surface area (Å²) in [5, 5.41) is 9.40. The molecule has 3 nitrogen and oxygen atoms in total. The molecular weight excluding hydrogens is 284 g/mol. The second-order valence-corrected chi connectivity index (χ2v) is 7.51. The first-order valence-corrected chi connectivity index (χ1v) is 6.88. The highest BCUT2D eigenvalue weighted by Gasteiger charge is 2.44. The number of alkyl halides is 1. The molecule has 0 amide bonds. The number of hydrogen-bond donors (Lipinski definition) is 1. The van der Waals surface area contributed by atoms with Gasteiger partial charge in [0.2, 0.25) is 0 Å². The lowest BCUT2D eigenvalue weighted by atomic mass is 9.84. The lowest BCUT2D eigenvalue weighted by molar-refractivity contribution is -0.147. The summed E-state index contributed by atoms with van der Waals surface area (Å²) < 4.78 is 4.71. The molecule has 0 heterocycles. The van der Waals surface area contributed by atoms with Crippen LogP contribution >= 0.6 is 15.9 Å². The number of aliphatic hydroxyl groups excluding tert-OH is 1. The Morgan fingerprint density at radius 3 is 2.53 bits per heavy atom. The van der Waals surface area contributed by atoms with Crippen molar-refractivity contribution in [3.63, 3.8) is 0 Å². The number of aliphatic hydroxyl groups is 1. The van der Waals surface area contributed by atoms with Gasteiger partial charge in [-0.3, -0.25) is 4.79 Å². The van der Waals surface area contributed by atoms with Crippen molar-refractivity contribution in [2.45, 2.75) is 24.6 Å². The predicted octanol–water partition coefficient (Wildman–Crippen LogP) is 2.13. The lowest BCUT2D eigenvalue weighted by Crippen LogP contribution is -2.32. The van der Waals surface area contributed by atoms with Crippen molar-refractivity contribution in [3.8, 4) is 0 Å². The summed E-state index contributed by atoms with van der Waals surface area (Å²) in [7, 11) is 0. The van der Waals surface area contributed by atoms with E-state index in [1.807, 2.05) is 0 Å². The van der Waals surface area contributed by atoms with Gasteiger partial charge in [0.1, 0.15) is 4.32 Å². The molecule has 2 unspecified atom stereocenters. The molecule has 2 bridgehead atoms. The smallest absolute Gasteiger partial charge is 0.322 e. The molecule has 0 aromatic carbocycles. The maximum Gasteiger partial charge on any atom is 0.322 e. The Morgan fingerprint density at radius 2 is 2.00 bits per heavy atom. The van der Waals surface area contributed by atoms with Gasteiger partial charge in [-0.2, -0.15) is 0 Å². The first-order valence-electron chi connectivity index (χ1n) is 6.09. The Hall–Kier alpha value is -0.350. The van der Waals surface area contributed by atoms with E-state index in [-0.39, 0.29) is 24.4 Å². The van der Waals surface area contributed by atoms with Gasteiger partial charge in [-0.25, -0.2) is 0 Å². The monoisotopic (exact) mass is 302 g/mol. The number of rotatable bonds is 4. The van der Waals surface area contributed by atoms with Crippen LogP contribution in [0.15, 0.2) is 12.2 Å². The minimum atomic E-state index is -0.630. The maximum absolute atomic E-state index is 11.7. The number of halogens is 1. The van der Waals surface area contributed by atoms with Crippen LogP contribution in [-0.4, -0.2) is 28.6 Å². The highest BCUT2D eigenvalue weighted by molar-refractivity contribution is 9.10. The van der Waals surface area contributed by atoms with Gasteiger partial charge in [-0.1, -0.05) is 28.1 Å². The third-order valence-electron chi connectivity index (χ3n) is 3.90. The van der Waals surface area contributed by atoms with Crippen molar-refractivity contribution in [2.24, 2.45) is 23.7 Å². The molecule has 0 aromatic rings. The predicted molar refractivity (Wildman–Crippen MR) is 68.8 cm³/mol. The second-order valence-electron chi connectivity index (χ2n) is 5.53. The van der Waals surface area contributed by atoms with Crippen LogP contribution in [-0.2, 0) is 9.53 Å². The molecule has 0 spiro atoms. The Kier molecular flexibility index (Phi) is 3.64. The Labute approximate surface area is 110 Å². The van der Waals surface area contributed by atoms with Crippen molar-refractivity contribution in [1.82, 2.24) is 0 Å². The Balaban J connectivity index is 1.92. The topological polar surface area (TPSA) is 46.5 Å². The molecule has 17 heavy (non-hydrogen) atoms. The minimum Gasteiger partial charge on any atom is -0.464 e. The number of hydrogen-bond acceptors (Lipinski definition) is 3. The van der Waals surface area contributed by atoms with Crippen molar-refractivity contribution in [1.29, 1.82) is 0 Å².